The maximum atomic E-state index is 12.1. The van der Waals surface area contributed by atoms with Crippen LogP contribution in [-0.4, -0.2) is 38.9 Å². The number of hydrogen-bond donors (Lipinski definition) is 0. The van der Waals surface area contributed by atoms with E-state index in [1.807, 2.05) is 4.90 Å². The zero-order chi connectivity index (χ0) is 11.7. The van der Waals surface area contributed by atoms with Crippen molar-refractivity contribution >= 4 is 5.91 Å². The van der Waals surface area contributed by atoms with Crippen molar-refractivity contribution in [3.8, 4) is 0 Å². The third kappa shape index (κ3) is 2.23. The van der Waals surface area contributed by atoms with Crippen molar-refractivity contribution in [2.45, 2.75) is 20.3 Å². The molecule has 1 amide bonds. The minimum atomic E-state index is 0.00602. The Morgan fingerprint density at radius 1 is 1.38 bits per heavy atom. The van der Waals surface area contributed by atoms with Crippen LogP contribution < -0.4 is 0 Å². The zero-order valence-corrected chi connectivity index (χ0v) is 10.1. The molecule has 2 heterocycles. The summed E-state index contributed by atoms with van der Waals surface area (Å²) in [5, 5.41) is 7.65. The highest BCUT2D eigenvalue weighted by Crippen LogP contribution is 2.21. The number of aromatic nitrogens is 3. The summed E-state index contributed by atoms with van der Waals surface area (Å²) < 4.78 is 1.56. The average Bonchev–Trinajstić information content (AvgIpc) is 2.62. The van der Waals surface area contributed by atoms with Gasteiger partial charge < -0.3 is 4.90 Å². The van der Waals surface area contributed by atoms with E-state index in [4.69, 9.17) is 0 Å². The predicted octanol–water partition coefficient (Wildman–Crippen LogP) is 0.933. The Labute approximate surface area is 95.4 Å². The van der Waals surface area contributed by atoms with E-state index in [2.05, 4.69) is 24.2 Å². The lowest BCUT2D eigenvalue weighted by atomic mass is 9.92. The second-order valence-electron chi connectivity index (χ2n) is 4.93. The number of carbonyl (C=O) groups excluding carboxylic acids is 1. The van der Waals surface area contributed by atoms with Crippen molar-refractivity contribution in [2.24, 2.45) is 18.9 Å². The molecule has 5 nitrogen and oxygen atoms in total. The molecule has 1 fully saturated rings. The molecule has 1 aliphatic rings. The molecule has 0 aromatic carbocycles. The summed E-state index contributed by atoms with van der Waals surface area (Å²) in [5.74, 6) is 1.15. The highest BCUT2D eigenvalue weighted by molar-refractivity contribution is 5.92. The monoisotopic (exact) mass is 222 g/mol. The van der Waals surface area contributed by atoms with Gasteiger partial charge in [0.15, 0.2) is 5.69 Å². The first kappa shape index (κ1) is 11.1. The molecule has 16 heavy (non-hydrogen) atoms. The third-order valence-electron chi connectivity index (χ3n) is 2.98. The molecule has 1 saturated heterocycles. The molecule has 88 valence electrons. The quantitative estimate of drug-likeness (QED) is 0.710. The number of piperidine rings is 1. The van der Waals surface area contributed by atoms with Gasteiger partial charge in [-0.2, -0.15) is 0 Å². The minimum absolute atomic E-state index is 0.00602. The first-order chi connectivity index (χ1) is 7.56. The second-order valence-corrected chi connectivity index (χ2v) is 4.93. The van der Waals surface area contributed by atoms with Crippen LogP contribution in [0.1, 0.15) is 30.8 Å². The summed E-state index contributed by atoms with van der Waals surface area (Å²) in [6, 6.07) is 0. The third-order valence-corrected chi connectivity index (χ3v) is 2.98. The van der Waals surface area contributed by atoms with E-state index in [0.29, 0.717) is 17.5 Å². The Morgan fingerprint density at radius 2 is 2.00 bits per heavy atom. The Balaban J connectivity index is 2.09. The van der Waals surface area contributed by atoms with Crippen LogP contribution in [0.15, 0.2) is 6.20 Å². The molecule has 1 aromatic heterocycles. The fourth-order valence-corrected chi connectivity index (χ4v) is 2.44. The summed E-state index contributed by atoms with van der Waals surface area (Å²) in [6.07, 6.45) is 2.87. The van der Waals surface area contributed by atoms with Gasteiger partial charge in [-0.15, -0.1) is 5.10 Å². The maximum Gasteiger partial charge on any atom is 0.276 e. The standard InChI is InChI=1S/C11H18N4O/c1-8-4-9(2)6-15(5-8)11(16)10-7-14(3)13-12-10/h7-9H,4-6H2,1-3H3. The van der Waals surface area contributed by atoms with Crippen molar-refractivity contribution in [2.75, 3.05) is 13.1 Å². The fourth-order valence-electron chi connectivity index (χ4n) is 2.44. The summed E-state index contributed by atoms with van der Waals surface area (Å²) >= 11 is 0. The fraction of sp³-hybridized carbons (Fsp3) is 0.727. The second kappa shape index (κ2) is 4.23. The Kier molecular flexibility index (Phi) is 2.94. The van der Waals surface area contributed by atoms with Gasteiger partial charge in [-0.3, -0.25) is 9.48 Å². The maximum absolute atomic E-state index is 12.1. The van der Waals surface area contributed by atoms with Crippen LogP contribution in [0.4, 0.5) is 0 Å². The first-order valence-electron chi connectivity index (χ1n) is 5.72. The molecular formula is C11H18N4O. The Bertz CT molecular complexity index is 377. The summed E-state index contributed by atoms with van der Waals surface area (Å²) in [4.78, 5) is 14.0. The van der Waals surface area contributed by atoms with E-state index in [9.17, 15) is 4.79 Å². The topological polar surface area (TPSA) is 51.0 Å². The molecule has 0 bridgehead atoms. The van der Waals surface area contributed by atoms with Crippen molar-refractivity contribution in [1.29, 1.82) is 0 Å². The van der Waals surface area contributed by atoms with Crippen LogP contribution >= 0.6 is 0 Å². The van der Waals surface area contributed by atoms with Crippen molar-refractivity contribution in [3.05, 3.63) is 11.9 Å². The average molecular weight is 222 g/mol. The van der Waals surface area contributed by atoms with E-state index in [1.165, 1.54) is 6.42 Å². The van der Waals surface area contributed by atoms with E-state index >= 15 is 0 Å². The summed E-state index contributed by atoms with van der Waals surface area (Å²) in [6.45, 7) is 6.04. The highest BCUT2D eigenvalue weighted by Gasteiger charge is 2.27. The zero-order valence-electron chi connectivity index (χ0n) is 10.1. The molecule has 1 aliphatic heterocycles. The van der Waals surface area contributed by atoms with Gasteiger partial charge in [0.05, 0.1) is 6.20 Å². The Morgan fingerprint density at radius 3 is 2.50 bits per heavy atom. The molecule has 0 aliphatic carbocycles. The van der Waals surface area contributed by atoms with Crippen LogP contribution in [0.2, 0.25) is 0 Å². The lowest BCUT2D eigenvalue weighted by Crippen LogP contribution is -2.42. The molecule has 0 saturated carbocycles. The smallest absolute Gasteiger partial charge is 0.276 e. The normalized spacial score (nSPS) is 25.8. The summed E-state index contributed by atoms with van der Waals surface area (Å²) in [7, 11) is 1.77. The number of likely N-dealkylation sites (tertiary alicyclic amines) is 1. The SMILES string of the molecule is CC1CC(C)CN(C(=O)c2cn(C)nn2)C1. The van der Waals surface area contributed by atoms with Gasteiger partial charge >= 0.3 is 0 Å². The van der Waals surface area contributed by atoms with Crippen LogP contribution in [-0.2, 0) is 7.05 Å². The van der Waals surface area contributed by atoms with E-state index in [-0.39, 0.29) is 5.91 Å². The molecule has 0 radical (unpaired) electrons. The number of hydrogen-bond acceptors (Lipinski definition) is 3. The van der Waals surface area contributed by atoms with E-state index in [1.54, 1.807) is 17.9 Å². The predicted molar refractivity (Wildman–Crippen MR) is 59.9 cm³/mol. The summed E-state index contributed by atoms with van der Waals surface area (Å²) in [5.41, 5.74) is 0.448. The lowest BCUT2D eigenvalue weighted by Gasteiger charge is -2.34. The van der Waals surface area contributed by atoms with E-state index in [0.717, 1.165) is 13.1 Å². The van der Waals surface area contributed by atoms with Gasteiger partial charge in [-0.25, -0.2) is 0 Å². The highest BCUT2D eigenvalue weighted by atomic mass is 16.2. The van der Waals surface area contributed by atoms with Crippen LogP contribution in [0.25, 0.3) is 0 Å². The van der Waals surface area contributed by atoms with Gasteiger partial charge in [0, 0.05) is 20.1 Å². The molecule has 2 atom stereocenters. The van der Waals surface area contributed by atoms with E-state index < -0.39 is 0 Å². The van der Waals surface area contributed by atoms with Gasteiger partial charge in [0.2, 0.25) is 0 Å². The van der Waals surface area contributed by atoms with Gasteiger partial charge in [-0.05, 0) is 18.3 Å². The molecule has 1 aromatic rings. The number of aryl methyl sites for hydroxylation is 1. The number of carbonyl (C=O) groups is 1. The van der Waals surface area contributed by atoms with Crippen LogP contribution in [0.3, 0.4) is 0 Å². The molecule has 2 unspecified atom stereocenters. The molecule has 0 spiro atoms. The van der Waals surface area contributed by atoms with Crippen molar-refractivity contribution in [3.63, 3.8) is 0 Å². The van der Waals surface area contributed by atoms with Crippen molar-refractivity contribution < 1.29 is 4.79 Å². The molecular weight excluding hydrogens is 204 g/mol. The van der Waals surface area contributed by atoms with Crippen molar-refractivity contribution in [1.82, 2.24) is 19.9 Å². The lowest BCUT2D eigenvalue weighted by molar-refractivity contribution is 0.0617. The van der Waals surface area contributed by atoms with Crippen LogP contribution in [0, 0.1) is 11.8 Å². The number of nitrogens with zero attached hydrogens (tertiary/aromatic N) is 4. The largest absolute Gasteiger partial charge is 0.337 e. The van der Waals surface area contributed by atoms with Gasteiger partial charge in [0.25, 0.3) is 5.91 Å². The molecule has 2 rings (SSSR count). The van der Waals surface area contributed by atoms with Gasteiger partial charge in [0.1, 0.15) is 0 Å². The molecule has 0 N–H and O–H groups in total. The number of rotatable bonds is 1. The minimum Gasteiger partial charge on any atom is -0.337 e. The number of amides is 1. The van der Waals surface area contributed by atoms with Gasteiger partial charge in [-0.1, -0.05) is 19.1 Å². The first-order valence-corrected chi connectivity index (χ1v) is 5.72. The Hall–Kier alpha value is -1.39. The molecule has 5 heteroatoms. The van der Waals surface area contributed by atoms with Crippen LogP contribution in [0.5, 0.6) is 0 Å².